The molecule has 0 atom stereocenters. The van der Waals surface area contributed by atoms with E-state index in [9.17, 15) is 18.3 Å². The second kappa shape index (κ2) is 7.53. The van der Waals surface area contributed by atoms with Gasteiger partial charge in [0, 0.05) is 16.1 Å². The Balaban J connectivity index is 1.96. The molecule has 1 aromatic heterocycles. The Bertz CT molecular complexity index is 1100. The first-order valence-electron chi connectivity index (χ1n) is 7.70. The summed E-state index contributed by atoms with van der Waals surface area (Å²) in [5.41, 5.74) is 1.52. The Morgan fingerprint density at radius 2 is 1.70 bits per heavy atom. The van der Waals surface area contributed by atoms with Gasteiger partial charge in [-0.25, -0.2) is 23.5 Å². The molecule has 3 N–H and O–H groups in total. The van der Waals surface area contributed by atoms with E-state index in [0.717, 1.165) is 5.56 Å². The van der Waals surface area contributed by atoms with Gasteiger partial charge in [-0.2, -0.15) is 0 Å². The Labute approximate surface area is 160 Å². The standard InChI is InChI=1S/C18H14ClN3O4S/c19-13-5-1-11(2-6-13)15-9-21-17(16(10-23)22-15)18(24)12-3-7-14(8-4-12)27(20,25)26/h1-9,23H,10H2,(H2,20,25,26). The summed E-state index contributed by atoms with van der Waals surface area (Å²) in [5, 5.41) is 15.2. The van der Waals surface area contributed by atoms with Gasteiger partial charge in [0.05, 0.1) is 29.1 Å². The van der Waals surface area contributed by atoms with Crippen LogP contribution in [-0.4, -0.2) is 29.3 Å². The number of carbonyl (C=O) groups excluding carboxylic acids is 1. The van der Waals surface area contributed by atoms with Crippen LogP contribution in [0.15, 0.2) is 59.6 Å². The van der Waals surface area contributed by atoms with Gasteiger partial charge in [0.1, 0.15) is 5.69 Å². The number of aliphatic hydroxyl groups is 1. The number of aliphatic hydroxyl groups excluding tert-OH is 1. The van der Waals surface area contributed by atoms with Crippen molar-refractivity contribution in [3.8, 4) is 11.3 Å². The summed E-state index contributed by atoms with van der Waals surface area (Å²) in [6.07, 6.45) is 1.42. The lowest BCUT2D eigenvalue weighted by atomic mass is 10.1. The number of primary sulfonamides is 1. The van der Waals surface area contributed by atoms with Crippen LogP contribution in [0.1, 0.15) is 21.7 Å². The molecule has 1 heterocycles. The van der Waals surface area contributed by atoms with Gasteiger partial charge in [0.15, 0.2) is 0 Å². The van der Waals surface area contributed by atoms with E-state index in [2.05, 4.69) is 9.97 Å². The fourth-order valence-corrected chi connectivity index (χ4v) is 3.06. The smallest absolute Gasteiger partial charge is 0.238 e. The van der Waals surface area contributed by atoms with Gasteiger partial charge in [-0.1, -0.05) is 23.7 Å². The average Bonchev–Trinajstić information content (AvgIpc) is 2.67. The molecule has 0 amide bonds. The lowest BCUT2D eigenvalue weighted by molar-refractivity contribution is 0.103. The maximum atomic E-state index is 12.7. The Morgan fingerprint density at radius 1 is 1.07 bits per heavy atom. The maximum absolute atomic E-state index is 12.7. The minimum atomic E-state index is -3.85. The molecule has 7 nitrogen and oxygen atoms in total. The average molecular weight is 404 g/mol. The predicted octanol–water partition coefficient (Wildman–Crippen LogP) is 2.17. The highest BCUT2D eigenvalue weighted by atomic mass is 35.5. The molecule has 0 bridgehead atoms. The van der Waals surface area contributed by atoms with Crippen molar-refractivity contribution in [3.63, 3.8) is 0 Å². The normalized spacial score (nSPS) is 11.4. The first-order chi connectivity index (χ1) is 12.8. The van der Waals surface area contributed by atoms with Crippen LogP contribution in [0.4, 0.5) is 0 Å². The lowest BCUT2D eigenvalue weighted by Gasteiger charge is -2.08. The van der Waals surface area contributed by atoms with E-state index in [0.29, 0.717) is 10.7 Å². The van der Waals surface area contributed by atoms with Crippen LogP contribution in [0.2, 0.25) is 5.02 Å². The number of ketones is 1. The van der Waals surface area contributed by atoms with Crippen LogP contribution in [0, 0.1) is 0 Å². The molecule has 27 heavy (non-hydrogen) atoms. The minimum Gasteiger partial charge on any atom is -0.390 e. The highest BCUT2D eigenvalue weighted by Crippen LogP contribution is 2.21. The van der Waals surface area contributed by atoms with Gasteiger partial charge in [-0.05, 0) is 36.4 Å². The third-order valence-corrected chi connectivity index (χ3v) is 4.98. The molecule has 3 rings (SSSR count). The molecule has 0 aliphatic carbocycles. The van der Waals surface area contributed by atoms with Gasteiger partial charge in [-0.3, -0.25) is 4.79 Å². The van der Waals surface area contributed by atoms with Crippen LogP contribution in [-0.2, 0) is 16.6 Å². The molecule has 2 aromatic carbocycles. The Hall–Kier alpha value is -2.65. The van der Waals surface area contributed by atoms with E-state index in [1.165, 1.54) is 30.5 Å². The van der Waals surface area contributed by atoms with Gasteiger partial charge >= 0.3 is 0 Å². The van der Waals surface area contributed by atoms with Crippen LogP contribution in [0.25, 0.3) is 11.3 Å². The number of hydrogen-bond donors (Lipinski definition) is 2. The summed E-state index contributed by atoms with van der Waals surface area (Å²) >= 11 is 5.87. The highest BCUT2D eigenvalue weighted by Gasteiger charge is 2.18. The van der Waals surface area contributed by atoms with E-state index in [1.54, 1.807) is 24.3 Å². The number of halogens is 1. The van der Waals surface area contributed by atoms with Gasteiger partial charge in [0.25, 0.3) is 0 Å². The summed E-state index contributed by atoms with van der Waals surface area (Å²) in [6, 6.07) is 12.0. The van der Waals surface area contributed by atoms with E-state index < -0.39 is 22.4 Å². The minimum absolute atomic E-state index is 0.0152. The first kappa shape index (κ1) is 19.1. The van der Waals surface area contributed by atoms with E-state index in [-0.39, 0.29) is 21.8 Å². The number of nitrogens with two attached hydrogens (primary N) is 1. The summed E-state index contributed by atoms with van der Waals surface area (Å²) in [6.45, 7) is -0.481. The lowest BCUT2D eigenvalue weighted by Crippen LogP contribution is -2.13. The monoisotopic (exact) mass is 403 g/mol. The highest BCUT2D eigenvalue weighted by molar-refractivity contribution is 7.89. The zero-order valence-electron chi connectivity index (χ0n) is 13.8. The quantitative estimate of drug-likeness (QED) is 0.629. The molecule has 9 heteroatoms. The van der Waals surface area contributed by atoms with Crippen molar-refractivity contribution in [1.82, 2.24) is 9.97 Å². The van der Waals surface area contributed by atoms with Crippen molar-refractivity contribution in [2.24, 2.45) is 5.14 Å². The molecule has 0 saturated carbocycles. The Morgan fingerprint density at radius 3 is 2.26 bits per heavy atom. The van der Waals surface area contributed by atoms with Crippen LogP contribution >= 0.6 is 11.6 Å². The molecule has 0 radical (unpaired) electrons. The molecule has 0 unspecified atom stereocenters. The van der Waals surface area contributed by atoms with E-state index >= 15 is 0 Å². The second-order valence-corrected chi connectivity index (χ2v) is 7.61. The van der Waals surface area contributed by atoms with Crippen LogP contribution < -0.4 is 5.14 Å². The van der Waals surface area contributed by atoms with Crippen LogP contribution in [0.5, 0.6) is 0 Å². The maximum Gasteiger partial charge on any atom is 0.238 e. The van der Waals surface area contributed by atoms with Crippen molar-refractivity contribution in [1.29, 1.82) is 0 Å². The first-order valence-corrected chi connectivity index (χ1v) is 9.62. The molecule has 138 valence electrons. The SMILES string of the molecule is NS(=O)(=O)c1ccc(C(=O)c2ncc(-c3ccc(Cl)cc3)nc2CO)cc1. The summed E-state index contributed by atoms with van der Waals surface area (Å²) in [7, 11) is -3.85. The number of carbonyl (C=O) groups is 1. The second-order valence-electron chi connectivity index (χ2n) is 5.61. The fraction of sp³-hybridized carbons (Fsp3) is 0.0556. The summed E-state index contributed by atoms with van der Waals surface area (Å²) in [5.74, 6) is -0.491. The number of hydrogen-bond acceptors (Lipinski definition) is 6. The molecule has 0 saturated heterocycles. The van der Waals surface area contributed by atoms with Crippen molar-refractivity contribution in [3.05, 3.63) is 76.7 Å². The molecule has 0 aliphatic rings. The van der Waals surface area contributed by atoms with Crippen molar-refractivity contribution in [2.45, 2.75) is 11.5 Å². The number of aromatic nitrogens is 2. The van der Waals surface area contributed by atoms with E-state index in [1.807, 2.05) is 0 Å². The van der Waals surface area contributed by atoms with Gasteiger partial charge in [-0.15, -0.1) is 0 Å². The predicted molar refractivity (Wildman–Crippen MR) is 99.6 cm³/mol. The molecular formula is C18H14ClN3O4S. The van der Waals surface area contributed by atoms with Crippen LogP contribution in [0.3, 0.4) is 0 Å². The molecule has 0 fully saturated rings. The van der Waals surface area contributed by atoms with Crippen molar-refractivity contribution < 1.29 is 18.3 Å². The molecule has 0 aliphatic heterocycles. The Kier molecular flexibility index (Phi) is 5.33. The zero-order chi connectivity index (χ0) is 19.6. The molecule has 0 spiro atoms. The van der Waals surface area contributed by atoms with Gasteiger partial charge in [0.2, 0.25) is 15.8 Å². The third kappa shape index (κ3) is 4.20. The number of rotatable bonds is 5. The summed E-state index contributed by atoms with van der Waals surface area (Å²) in [4.78, 5) is 21.0. The number of benzene rings is 2. The zero-order valence-corrected chi connectivity index (χ0v) is 15.4. The van der Waals surface area contributed by atoms with E-state index in [4.69, 9.17) is 16.7 Å². The topological polar surface area (TPSA) is 123 Å². The van der Waals surface area contributed by atoms with Crippen molar-refractivity contribution >= 4 is 27.4 Å². The third-order valence-electron chi connectivity index (χ3n) is 3.79. The molecular weight excluding hydrogens is 390 g/mol. The number of nitrogens with zero attached hydrogens (tertiary/aromatic N) is 2. The molecule has 3 aromatic rings. The largest absolute Gasteiger partial charge is 0.390 e. The van der Waals surface area contributed by atoms with Crippen molar-refractivity contribution in [2.75, 3.05) is 0 Å². The summed E-state index contributed by atoms with van der Waals surface area (Å²) < 4.78 is 22.6. The fourth-order valence-electron chi connectivity index (χ4n) is 2.42. The number of sulfonamides is 1. The van der Waals surface area contributed by atoms with Gasteiger partial charge < -0.3 is 5.11 Å².